The summed E-state index contributed by atoms with van der Waals surface area (Å²) in [6.45, 7) is 3.74. The molecule has 1 fully saturated rings. The van der Waals surface area contributed by atoms with Gasteiger partial charge in [-0.1, -0.05) is 31.2 Å². The van der Waals surface area contributed by atoms with E-state index in [0.29, 0.717) is 5.92 Å². The SMILES string of the molecule is CCc1ccc(C2OCCC2CN)cc1. The zero-order chi connectivity index (χ0) is 10.7. The molecule has 2 nitrogen and oxygen atoms in total. The molecule has 1 saturated heterocycles. The van der Waals surface area contributed by atoms with Crippen molar-refractivity contribution in [1.82, 2.24) is 0 Å². The Labute approximate surface area is 91.4 Å². The summed E-state index contributed by atoms with van der Waals surface area (Å²) < 4.78 is 5.74. The molecule has 1 aromatic carbocycles. The summed E-state index contributed by atoms with van der Waals surface area (Å²) in [5, 5.41) is 0. The lowest BCUT2D eigenvalue weighted by atomic mass is 9.95. The molecule has 2 unspecified atom stereocenters. The van der Waals surface area contributed by atoms with Crippen molar-refractivity contribution < 1.29 is 4.74 Å². The third-order valence-electron chi connectivity index (χ3n) is 3.23. The molecule has 1 aliphatic rings. The smallest absolute Gasteiger partial charge is 0.0865 e. The van der Waals surface area contributed by atoms with E-state index in [9.17, 15) is 0 Å². The Morgan fingerprint density at radius 3 is 2.67 bits per heavy atom. The maximum absolute atomic E-state index is 5.74. The average molecular weight is 205 g/mol. The number of benzene rings is 1. The molecule has 1 aromatic rings. The van der Waals surface area contributed by atoms with Crippen LogP contribution in [0.15, 0.2) is 24.3 Å². The van der Waals surface area contributed by atoms with Crippen molar-refractivity contribution in [2.45, 2.75) is 25.9 Å². The summed E-state index contributed by atoms with van der Waals surface area (Å²) in [5.41, 5.74) is 8.39. The first-order valence-corrected chi connectivity index (χ1v) is 5.75. The number of rotatable bonds is 3. The summed E-state index contributed by atoms with van der Waals surface area (Å²) in [5.74, 6) is 0.498. The molecule has 1 heterocycles. The normalized spacial score (nSPS) is 25.7. The molecule has 0 aliphatic carbocycles. The van der Waals surface area contributed by atoms with E-state index in [2.05, 4.69) is 31.2 Å². The van der Waals surface area contributed by atoms with Crippen LogP contribution in [0.5, 0.6) is 0 Å². The number of nitrogens with two attached hydrogens (primary N) is 1. The number of hydrogen-bond donors (Lipinski definition) is 1. The molecule has 0 amide bonds. The minimum Gasteiger partial charge on any atom is -0.373 e. The van der Waals surface area contributed by atoms with Gasteiger partial charge < -0.3 is 10.5 Å². The van der Waals surface area contributed by atoms with Gasteiger partial charge in [-0.25, -0.2) is 0 Å². The summed E-state index contributed by atoms with van der Waals surface area (Å²) in [4.78, 5) is 0. The lowest BCUT2D eigenvalue weighted by Crippen LogP contribution is -2.17. The second kappa shape index (κ2) is 4.77. The molecular weight excluding hydrogens is 186 g/mol. The highest BCUT2D eigenvalue weighted by atomic mass is 16.5. The minimum atomic E-state index is 0.223. The molecule has 0 spiro atoms. The van der Waals surface area contributed by atoms with Gasteiger partial charge in [0.05, 0.1) is 6.10 Å². The fourth-order valence-corrected chi connectivity index (χ4v) is 2.19. The Bertz CT molecular complexity index is 307. The molecule has 1 aliphatic heterocycles. The topological polar surface area (TPSA) is 35.2 Å². The van der Waals surface area contributed by atoms with E-state index in [-0.39, 0.29) is 6.10 Å². The van der Waals surface area contributed by atoms with E-state index in [1.165, 1.54) is 11.1 Å². The van der Waals surface area contributed by atoms with E-state index in [1.807, 2.05) is 0 Å². The van der Waals surface area contributed by atoms with Crippen molar-refractivity contribution in [2.24, 2.45) is 11.7 Å². The molecule has 0 radical (unpaired) electrons. The second-order valence-corrected chi connectivity index (χ2v) is 4.17. The quantitative estimate of drug-likeness (QED) is 0.821. The molecule has 15 heavy (non-hydrogen) atoms. The number of ether oxygens (including phenoxy) is 1. The van der Waals surface area contributed by atoms with Gasteiger partial charge in [-0.15, -0.1) is 0 Å². The zero-order valence-electron chi connectivity index (χ0n) is 9.28. The van der Waals surface area contributed by atoms with Gasteiger partial charge in [-0.2, -0.15) is 0 Å². The summed E-state index contributed by atoms with van der Waals surface area (Å²) >= 11 is 0. The van der Waals surface area contributed by atoms with E-state index < -0.39 is 0 Å². The molecule has 0 saturated carbocycles. The standard InChI is InChI=1S/C13H19NO/c1-2-10-3-5-11(6-4-10)13-12(9-14)7-8-15-13/h3-6,12-13H,2,7-9,14H2,1H3. The van der Waals surface area contributed by atoms with E-state index >= 15 is 0 Å². The van der Waals surface area contributed by atoms with Crippen LogP contribution < -0.4 is 5.73 Å². The largest absolute Gasteiger partial charge is 0.373 e. The van der Waals surface area contributed by atoms with Crippen LogP contribution in [-0.4, -0.2) is 13.2 Å². The summed E-state index contributed by atoms with van der Waals surface area (Å²) in [6.07, 6.45) is 2.41. The van der Waals surface area contributed by atoms with Crippen LogP contribution >= 0.6 is 0 Å². The Balaban J connectivity index is 2.14. The van der Waals surface area contributed by atoms with Gasteiger partial charge in [-0.05, 0) is 30.5 Å². The Hall–Kier alpha value is -0.860. The molecule has 2 atom stereocenters. The molecular formula is C13H19NO. The minimum absolute atomic E-state index is 0.223. The Morgan fingerprint density at radius 2 is 2.07 bits per heavy atom. The van der Waals surface area contributed by atoms with Crippen LogP contribution in [0.1, 0.15) is 30.6 Å². The van der Waals surface area contributed by atoms with Crippen LogP contribution in [0.4, 0.5) is 0 Å². The highest BCUT2D eigenvalue weighted by molar-refractivity contribution is 5.25. The highest BCUT2D eigenvalue weighted by Crippen LogP contribution is 2.33. The van der Waals surface area contributed by atoms with Crippen molar-refractivity contribution in [2.75, 3.05) is 13.2 Å². The van der Waals surface area contributed by atoms with Crippen molar-refractivity contribution in [3.63, 3.8) is 0 Å². The fraction of sp³-hybridized carbons (Fsp3) is 0.538. The molecule has 2 N–H and O–H groups in total. The third-order valence-corrected chi connectivity index (χ3v) is 3.23. The van der Waals surface area contributed by atoms with Crippen LogP contribution in [0.25, 0.3) is 0 Å². The van der Waals surface area contributed by atoms with Crippen LogP contribution in [0, 0.1) is 5.92 Å². The van der Waals surface area contributed by atoms with Crippen molar-refractivity contribution in [3.8, 4) is 0 Å². The van der Waals surface area contributed by atoms with Crippen molar-refractivity contribution >= 4 is 0 Å². The monoisotopic (exact) mass is 205 g/mol. The lowest BCUT2D eigenvalue weighted by Gasteiger charge is -2.17. The molecule has 82 valence electrons. The Morgan fingerprint density at radius 1 is 1.33 bits per heavy atom. The van der Waals surface area contributed by atoms with Gasteiger partial charge in [0.1, 0.15) is 0 Å². The van der Waals surface area contributed by atoms with Crippen LogP contribution in [0.3, 0.4) is 0 Å². The van der Waals surface area contributed by atoms with Gasteiger partial charge in [0.25, 0.3) is 0 Å². The van der Waals surface area contributed by atoms with Crippen LogP contribution in [-0.2, 0) is 11.2 Å². The first-order chi connectivity index (χ1) is 7.35. The van der Waals surface area contributed by atoms with Gasteiger partial charge in [0.15, 0.2) is 0 Å². The van der Waals surface area contributed by atoms with E-state index in [4.69, 9.17) is 10.5 Å². The highest BCUT2D eigenvalue weighted by Gasteiger charge is 2.28. The summed E-state index contributed by atoms with van der Waals surface area (Å²) in [6, 6.07) is 8.73. The van der Waals surface area contributed by atoms with Crippen molar-refractivity contribution in [1.29, 1.82) is 0 Å². The van der Waals surface area contributed by atoms with Gasteiger partial charge >= 0.3 is 0 Å². The molecule has 2 rings (SSSR count). The van der Waals surface area contributed by atoms with Crippen LogP contribution in [0.2, 0.25) is 0 Å². The predicted octanol–water partition coefficient (Wildman–Crippen LogP) is 2.29. The van der Waals surface area contributed by atoms with Gasteiger partial charge in [-0.3, -0.25) is 0 Å². The molecule has 0 bridgehead atoms. The van der Waals surface area contributed by atoms with Gasteiger partial charge in [0, 0.05) is 12.5 Å². The third kappa shape index (κ3) is 2.21. The van der Waals surface area contributed by atoms with E-state index in [0.717, 1.165) is 26.0 Å². The Kier molecular flexibility index (Phi) is 3.39. The zero-order valence-corrected chi connectivity index (χ0v) is 9.28. The maximum atomic E-state index is 5.74. The predicted molar refractivity (Wildman–Crippen MR) is 61.7 cm³/mol. The number of aryl methyl sites for hydroxylation is 1. The van der Waals surface area contributed by atoms with Gasteiger partial charge in [0.2, 0.25) is 0 Å². The lowest BCUT2D eigenvalue weighted by molar-refractivity contribution is 0.0925. The van der Waals surface area contributed by atoms with E-state index in [1.54, 1.807) is 0 Å². The molecule has 2 heteroatoms. The molecule has 0 aromatic heterocycles. The van der Waals surface area contributed by atoms with Crippen molar-refractivity contribution in [3.05, 3.63) is 35.4 Å². The first kappa shape index (κ1) is 10.7. The average Bonchev–Trinajstić information content (AvgIpc) is 2.77. The first-order valence-electron chi connectivity index (χ1n) is 5.75. The number of hydrogen-bond acceptors (Lipinski definition) is 2. The summed E-state index contributed by atoms with van der Waals surface area (Å²) in [7, 11) is 0. The maximum Gasteiger partial charge on any atom is 0.0865 e. The second-order valence-electron chi connectivity index (χ2n) is 4.17. The fourth-order valence-electron chi connectivity index (χ4n) is 2.19.